The highest BCUT2D eigenvalue weighted by Gasteiger charge is 2.24. The first-order valence-electron chi connectivity index (χ1n) is 29.2. The molecule has 0 saturated carbocycles. The van der Waals surface area contributed by atoms with Crippen LogP contribution in [0.4, 0.5) is 0 Å². The molecule has 0 aromatic heterocycles. The van der Waals surface area contributed by atoms with Crippen LogP contribution in [0.15, 0.2) is 36.5 Å². The van der Waals surface area contributed by atoms with Crippen LogP contribution in [-0.4, -0.2) is 46.9 Å². The fourth-order valence-corrected chi connectivity index (χ4v) is 9.09. The Hall–Kier alpha value is -1.92. The van der Waals surface area contributed by atoms with E-state index in [1.165, 1.54) is 186 Å². The Morgan fingerprint density at radius 1 is 0.455 bits per heavy atom. The highest BCUT2D eigenvalue weighted by atomic mass is 16.5. The van der Waals surface area contributed by atoms with E-state index in [9.17, 15) is 19.8 Å². The molecular formula is C60H113NO5. The molecule has 0 aliphatic rings. The lowest BCUT2D eigenvalue weighted by atomic mass is 10.0. The Morgan fingerprint density at radius 2 is 0.818 bits per heavy atom. The summed E-state index contributed by atoms with van der Waals surface area (Å²) < 4.78 is 5.96. The van der Waals surface area contributed by atoms with E-state index in [0.717, 1.165) is 77.0 Å². The zero-order valence-corrected chi connectivity index (χ0v) is 44.3. The van der Waals surface area contributed by atoms with Gasteiger partial charge in [0.2, 0.25) is 5.91 Å². The standard InChI is InChI=1S/C60H113NO5/c1-4-7-10-13-16-19-22-25-28-30-31-33-36-39-42-45-48-51-56(66-60(65)53-50-47-44-41-38-35-27-24-21-18-15-12-9-6-3)54-59(64)61-57(55-62)58(63)52-49-46-43-40-37-34-32-29-26-23-20-17-14-11-8-5-2/h9,12,18,21,27,35,56-58,62-63H,4-8,10-11,13-17,19-20,22-26,28-34,36-55H2,1-3H3,(H,61,64)/b12-9+,21-18+,35-27+. The second kappa shape index (κ2) is 54.0. The van der Waals surface area contributed by atoms with Crippen molar-refractivity contribution in [1.82, 2.24) is 5.32 Å². The zero-order chi connectivity index (χ0) is 48.1. The van der Waals surface area contributed by atoms with Crippen LogP contribution in [0.3, 0.4) is 0 Å². The van der Waals surface area contributed by atoms with Crippen molar-refractivity contribution < 1.29 is 24.5 Å². The van der Waals surface area contributed by atoms with E-state index in [4.69, 9.17) is 4.74 Å². The van der Waals surface area contributed by atoms with Gasteiger partial charge in [0.1, 0.15) is 6.10 Å². The number of allylic oxidation sites excluding steroid dienone is 6. The van der Waals surface area contributed by atoms with E-state index in [-0.39, 0.29) is 24.9 Å². The molecule has 0 heterocycles. The zero-order valence-electron chi connectivity index (χ0n) is 44.3. The fraction of sp³-hybridized carbons (Fsp3) is 0.867. The minimum Gasteiger partial charge on any atom is -0.462 e. The van der Waals surface area contributed by atoms with E-state index >= 15 is 0 Å². The summed E-state index contributed by atoms with van der Waals surface area (Å²) in [5.41, 5.74) is 0. The van der Waals surface area contributed by atoms with Gasteiger partial charge in [-0.05, 0) is 57.8 Å². The fourth-order valence-electron chi connectivity index (χ4n) is 9.09. The molecule has 3 atom stereocenters. The van der Waals surface area contributed by atoms with E-state index in [0.29, 0.717) is 19.3 Å². The van der Waals surface area contributed by atoms with Gasteiger partial charge in [-0.1, -0.05) is 276 Å². The van der Waals surface area contributed by atoms with Crippen LogP contribution in [0.2, 0.25) is 0 Å². The number of nitrogens with one attached hydrogen (secondary N) is 1. The van der Waals surface area contributed by atoms with Crippen molar-refractivity contribution in [2.45, 2.75) is 328 Å². The summed E-state index contributed by atoms with van der Waals surface area (Å²) in [4.78, 5) is 26.3. The lowest BCUT2D eigenvalue weighted by Crippen LogP contribution is -2.46. The highest BCUT2D eigenvalue weighted by molar-refractivity contribution is 5.77. The molecule has 3 unspecified atom stereocenters. The van der Waals surface area contributed by atoms with Gasteiger partial charge in [0, 0.05) is 6.42 Å². The first-order chi connectivity index (χ1) is 32.5. The van der Waals surface area contributed by atoms with Gasteiger partial charge in [0.05, 0.1) is 25.2 Å². The van der Waals surface area contributed by atoms with Crippen molar-refractivity contribution in [3.05, 3.63) is 36.5 Å². The maximum Gasteiger partial charge on any atom is 0.306 e. The molecule has 0 aromatic carbocycles. The molecule has 0 saturated heterocycles. The number of ether oxygens (including phenoxy) is 1. The number of carbonyl (C=O) groups excluding carboxylic acids is 2. The summed E-state index contributed by atoms with van der Waals surface area (Å²) >= 11 is 0. The first-order valence-corrected chi connectivity index (χ1v) is 29.2. The van der Waals surface area contributed by atoms with Gasteiger partial charge in [-0.3, -0.25) is 9.59 Å². The molecule has 0 aliphatic carbocycles. The molecule has 6 heteroatoms. The van der Waals surface area contributed by atoms with Crippen LogP contribution < -0.4 is 5.32 Å². The molecule has 0 rings (SSSR count). The molecule has 388 valence electrons. The van der Waals surface area contributed by atoms with Crippen molar-refractivity contribution >= 4 is 11.9 Å². The molecular weight excluding hydrogens is 815 g/mol. The van der Waals surface area contributed by atoms with Gasteiger partial charge < -0.3 is 20.3 Å². The summed E-state index contributed by atoms with van der Waals surface area (Å²) in [6.45, 7) is 6.41. The van der Waals surface area contributed by atoms with Gasteiger partial charge in [0.15, 0.2) is 0 Å². The molecule has 6 nitrogen and oxygen atoms in total. The van der Waals surface area contributed by atoms with E-state index in [1.54, 1.807) is 0 Å². The molecule has 0 spiro atoms. The number of rotatable bonds is 53. The number of hydrogen-bond acceptors (Lipinski definition) is 5. The van der Waals surface area contributed by atoms with Gasteiger partial charge in [-0.2, -0.15) is 0 Å². The summed E-state index contributed by atoms with van der Waals surface area (Å²) in [7, 11) is 0. The van der Waals surface area contributed by atoms with Gasteiger partial charge in [-0.15, -0.1) is 0 Å². The van der Waals surface area contributed by atoms with Crippen LogP contribution in [-0.2, 0) is 14.3 Å². The van der Waals surface area contributed by atoms with Crippen molar-refractivity contribution in [1.29, 1.82) is 0 Å². The average Bonchev–Trinajstić information content (AvgIpc) is 3.31. The Kier molecular flexibility index (Phi) is 52.5. The molecule has 0 aromatic rings. The number of esters is 1. The quantitative estimate of drug-likeness (QED) is 0.0321. The monoisotopic (exact) mass is 928 g/mol. The maximum atomic E-state index is 13.3. The number of unbranched alkanes of at least 4 members (excludes halogenated alkanes) is 35. The van der Waals surface area contributed by atoms with Crippen LogP contribution >= 0.6 is 0 Å². The smallest absolute Gasteiger partial charge is 0.306 e. The second-order valence-corrected chi connectivity index (χ2v) is 20.0. The molecule has 1 amide bonds. The largest absolute Gasteiger partial charge is 0.462 e. The number of carbonyl (C=O) groups is 2. The van der Waals surface area contributed by atoms with Gasteiger partial charge in [0.25, 0.3) is 0 Å². The normalized spacial score (nSPS) is 13.3. The third-order valence-corrected chi connectivity index (χ3v) is 13.5. The topological polar surface area (TPSA) is 95.9 Å². The predicted molar refractivity (Wildman–Crippen MR) is 287 cm³/mol. The molecule has 66 heavy (non-hydrogen) atoms. The van der Waals surface area contributed by atoms with Crippen LogP contribution in [0.5, 0.6) is 0 Å². The molecule has 3 N–H and O–H groups in total. The summed E-state index contributed by atoms with van der Waals surface area (Å²) in [6, 6.07) is -0.704. The SMILES string of the molecule is CC/C=C/C/C=C/C/C=C/CCCCCCC(=O)OC(CCCCCCCCCCCCCCCCCCC)CC(=O)NC(CO)C(O)CCCCCCCCCCCCCCCCCC. The highest BCUT2D eigenvalue weighted by Crippen LogP contribution is 2.19. The van der Waals surface area contributed by atoms with Gasteiger partial charge >= 0.3 is 5.97 Å². The lowest BCUT2D eigenvalue weighted by molar-refractivity contribution is -0.151. The first kappa shape index (κ1) is 64.1. The number of hydrogen-bond donors (Lipinski definition) is 3. The Bertz CT molecular complexity index is 1090. The van der Waals surface area contributed by atoms with Gasteiger partial charge in [-0.25, -0.2) is 0 Å². The minimum atomic E-state index is -0.790. The van der Waals surface area contributed by atoms with E-state index < -0.39 is 18.2 Å². The average molecular weight is 929 g/mol. The second-order valence-electron chi connectivity index (χ2n) is 20.0. The molecule has 0 radical (unpaired) electrons. The van der Waals surface area contributed by atoms with Crippen molar-refractivity contribution in [3.63, 3.8) is 0 Å². The summed E-state index contributed by atoms with van der Waals surface area (Å²) in [5.74, 6) is -0.482. The van der Waals surface area contributed by atoms with Crippen molar-refractivity contribution in [2.24, 2.45) is 0 Å². The van der Waals surface area contributed by atoms with Crippen LogP contribution in [0.25, 0.3) is 0 Å². The van der Waals surface area contributed by atoms with E-state index in [2.05, 4.69) is 62.5 Å². The molecule has 0 fully saturated rings. The number of aliphatic hydroxyl groups excluding tert-OH is 2. The Labute approximate surface area is 411 Å². The molecule has 0 bridgehead atoms. The number of aliphatic hydroxyl groups is 2. The lowest BCUT2D eigenvalue weighted by Gasteiger charge is -2.24. The van der Waals surface area contributed by atoms with Crippen molar-refractivity contribution in [2.75, 3.05) is 6.61 Å². The van der Waals surface area contributed by atoms with E-state index in [1.807, 2.05) is 0 Å². The Morgan fingerprint density at radius 3 is 1.24 bits per heavy atom. The Balaban J connectivity index is 4.54. The third kappa shape index (κ3) is 48.5. The third-order valence-electron chi connectivity index (χ3n) is 13.5. The van der Waals surface area contributed by atoms with Crippen LogP contribution in [0.1, 0.15) is 310 Å². The predicted octanol–water partition coefficient (Wildman–Crippen LogP) is 18.0. The number of amides is 1. The summed E-state index contributed by atoms with van der Waals surface area (Å²) in [5, 5.41) is 23.9. The maximum absolute atomic E-state index is 13.3. The molecule has 0 aliphatic heterocycles. The minimum absolute atomic E-state index is 0.0732. The van der Waals surface area contributed by atoms with Crippen molar-refractivity contribution in [3.8, 4) is 0 Å². The summed E-state index contributed by atoms with van der Waals surface area (Å²) in [6.07, 6.45) is 65.0. The van der Waals surface area contributed by atoms with Crippen LogP contribution in [0, 0.1) is 0 Å².